The summed E-state index contributed by atoms with van der Waals surface area (Å²) in [6.07, 6.45) is 7.32. The second-order valence-electron chi connectivity index (χ2n) is 4.38. The van der Waals surface area contributed by atoms with Crippen LogP contribution in [0.15, 0.2) is 23.7 Å². The van der Waals surface area contributed by atoms with Gasteiger partial charge in [-0.05, 0) is 6.42 Å². The maximum Gasteiger partial charge on any atom is 0.330 e. The highest BCUT2D eigenvalue weighted by Gasteiger charge is 2.37. The summed E-state index contributed by atoms with van der Waals surface area (Å²) in [6, 6.07) is -0.704. The van der Waals surface area contributed by atoms with Crippen molar-refractivity contribution in [1.29, 1.82) is 0 Å². The Hall–Kier alpha value is -2.51. The van der Waals surface area contributed by atoms with Crippen molar-refractivity contribution in [3.63, 3.8) is 0 Å². The lowest BCUT2D eigenvalue weighted by Crippen LogP contribution is -2.56. The van der Waals surface area contributed by atoms with E-state index in [2.05, 4.69) is 15.3 Å². The van der Waals surface area contributed by atoms with Crippen molar-refractivity contribution in [2.24, 2.45) is 10.9 Å². The fourth-order valence-electron chi connectivity index (χ4n) is 1.76. The Kier molecular flexibility index (Phi) is 4.24. The average molecular weight is 277 g/mol. The lowest BCUT2D eigenvalue weighted by atomic mass is 10.1. The lowest BCUT2D eigenvalue weighted by molar-refractivity contribution is -0.138. The van der Waals surface area contributed by atoms with E-state index >= 15 is 0 Å². The number of imidazole rings is 1. The minimum atomic E-state index is -1.02. The van der Waals surface area contributed by atoms with E-state index in [1.807, 2.05) is 10.8 Å². The molecule has 1 saturated heterocycles. The molecule has 1 fully saturated rings. The van der Waals surface area contributed by atoms with Crippen LogP contribution >= 0.6 is 0 Å². The maximum atomic E-state index is 11.7. The molecule has 1 aromatic rings. The summed E-state index contributed by atoms with van der Waals surface area (Å²) in [6.45, 7) is 1.26. The summed E-state index contributed by atoms with van der Waals surface area (Å²) >= 11 is 0. The predicted molar refractivity (Wildman–Crippen MR) is 70.0 cm³/mol. The van der Waals surface area contributed by atoms with Crippen LogP contribution in [-0.4, -0.2) is 52.1 Å². The van der Waals surface area contributed by atoms with Gasteiger partial charge in [-0.2, -0.15) is 0 Å². The van der Waals surface area contributed by atoms with Gasteiger partial charge in [0.2, 0.25) is 11.8 Å². The van der Waals surface area contributed by atoms with E-state index in [0.29, 0.717) is 6.54 Å². The van der Waals surface area contributed by atoms with E-state index < -0.39 is 23.8 Å². The molecule has 0 saturated carbocycles. The number of aliphatic imine (C=N–C) groups is 1. The topological polar surface area (TPSA) is 96.7 Å². The molecular weight excluding hydrogens is 262 g/mol. The van der Waals surface area contributed by atoms with Gasteiger partial charge in [0.15, 0.2) is 5.92 Å². The van der Waals surface area contributed by atoms with Gasteiger partial charge in [-0.3, -0.25) is 24.8 Å². The molecule has 8 nitrogen and oxygen atoms in total. The van der Waals surface area contributed by atoms with Crippen molar-refractivity contribution in [3.8, 4) is 0 Å². The number of urea groups is 1. The molecule has 0 aromatic carbocycles. The third kappa shape index (κ3) is 3.08. The van der Waals surface area contributed by atoms with Crippen molar-refractivity contribution < 1.29 is 14.4 Å². The van der Waals surface area contributed by atoms with Gasteiger partial charge < -0.3 is 4.57 Å². The minimum Gasteiger partial charge on any atom is -0.337 e. The monoisotopic (exact) mass is 277 g/mol. The molecule has 2 rings (SSSR count). The first-order valence-corrected chi connectivity index (χ1v) is 6.17. The highest BCUT2D eigenvalue weighted by molar-refractivity contribution is 6.23. The number of imide groups is 2. The van der Waals surface area contributed by atoms with E-state index in [1.54, 1.807) is 12.5 Å². The minimum absolute atomic E-state index is 0.493. The van der Waals surface area contributed by atoms with Gasteiger partial charge in [0.05, 0.1) is 6.33 Å². The molecule has 4 amide bonds. The Labute approximate surface area is 115 Å². The Balaban J connectivity index is 1.82. The van der Waals surface area contributed by atoms with Crippen LogP contribution in [0.4, 0.5) is 4.79 Å². The van der Waals surface area contributed by atoms with Crippen LogP contribution in [-0.2, 0) is 16.1 Å². The highest BCUT2D eigenvalue weighted by atomic mass is 16.2. The first-order valence-electron chi connectivity index (χ1n) is 6.17. The van der Waals surface area contributed by atoms with Crippen LogP contribution in [0.25, 0.3) is 0 Å². The number of nitrogens with one attached hydrogen (secondary N) is 1. The Morgan fingerprint density at radius 3 is 2.95 bits per heavy atom. The fraction of sp³-hybridized carbons (Fsp3) is 0.417. The summed E-state index contributed by atoms with van der Waals surface area (Å²) in [7, 11) is 1.32. The van der Waals surface area contributed by atoms with E-state index in [-0.39, 0.29) is 0 Å². The van der Waals surface area contributed by atoms with Crippen molar-refractivity contribution >= 4 is 24.1 Å². The number of carbonyl (C=O) groups excluding carboxylic acids is 3. The van der Waals surface area contributed by atoms with E-state index in [4.69, 9.17) is 0 Å². The largest absolute Gasteiger partial charge is 0.337 e. The van der Waals surface area contributed by atoms with Crippen molar-refractivity contribution in [3.05, 3.63) is 18.7 Å². The van der Waals surface area contributed by atoms with Crippen molar-refractivity contribution in [2.45, 2.75) is 13.0 Å². The summed E-state index contributed by atoms with van der Waals surface area (Å²) in [5, 5.41) is 2.10. The summed E-state index contributed by atoms with van der Waals surface area (Å²) in [5.41, 5.74) is 0. The molecule has 1 aliphatic heterocycles. The van der Waals surface area contributed by atoms with Gasteiger partial charge in [0.25, 0.3) is 0 Å². The van der Waals surface area contributed by atoms with Crippen LogP contribution in [0, 0.1) is 5.92 Å². The normalized spacial score (nSPS) is 19.8. The molecular formula is C12H15N5O3. The zero-order valence-electron chi connectivity index (χ0n) is 11.0. The molecule has 2 heterocycles. The van der Waals surface area contributed by atoms with Crippen LogP contribution in [0.2, 0.25) is 0 Å². The number of nitrogens with zero attached hydrogens (tertiary/aromatic N) is 4. The summed E-state index contributed by atoms with van der Waals surface area (Å²) in [5.74, 6) is -2.21. The average Bonchev–Trinajstić information content (AvgIpc) is 2.92. The van der Waals surface area contributed by atoms with Crippen LogP contribution in [0.5, 0.6) is 0 Å². The molecule has 106 valence electrons. The molecule has 1 aromatic heterocycles. The van der Waals surface area contributed by atoms with Gasteiger partial charge >= 0.3 is 6.03 Å². The molecule has 20 heavy (non-hydrogen) atoms. The molecule has 0 radical (unpaired) electrons. The summed E-state index contributed by atoms with van der Waals surface area (Å²) < 4.78 is 1.92. The summed E-state index contributed by atoms with van der Waals surface area (Å²) in [4.78, 5) is 43.3. The molecule has 0 aliphatic carbocycles. The maximum absolute atomic E-state index is 11.7. The van der Waals surface area contributed by atoms with Crippen LogP contribution in [0.3, 0.4) is 0 Å². The molecule has 0 bridgehead atoms. The molecule has 8 heteroatoms. The Morgan fingerprint density at radius 1 is 1.45 bits per heavy atom. The molecule has 0 spiro atoms. The smallest absolute Gasteiger partial charge is 0.330 e. The van der Waals surface area contributed by atoms with Crippen LogP contribution < -0.4 is 5.32 Å². The number of barbiturate groups is 1. The van der Waals surface area contributed by atoms with Crippen LogP contribution in [0.1, 0.15) is 6.42 Å². The first-order chi connectivity index (χ1) is 9.59. The number of hydrogen-bond donors (Lipinski definition) is 1. The highest BCUT2D eigenvalue weighted by Crippen LogP contribution is 2.06. The van der Waals surface area contributed by atoms with Gasteiger partial charge in [0, 0.05) is 38.7 Å². The van der Waals surface area contributed by atoms with Gasteiger partial charge in [-0.1, -0.05) is 0 Å². The molecule has 1 N–H and O–H groups in total. The fourth-order valence-corrected chi connectivity index (χ4v) is 1.76. The zero-order chi connectivity index (χ0) is 14.5. The third-order valence-electron chi connectivity index (χ3n) is 2.93. The molecule has 1 aliphatic rings. The second-order valence-corrected chi connectivity index (χ2v) is 4.38. The van der Waals surface area contributed by atoms with E-state index in [9.17, 15) is 14.4 Å². The van der Waals surface area contributed by atoms with Gasteiger partial charge in [-0.15, -0.1) is 0 Å². The second kappa shape index (κ2) is 6.09. The van der Waals surface area contributed by atoms with Crippen molar-refractivity contribution in [2.75, 3.05) is 13.6 Å². The number of hydrogen-bond acceptors (Lipinski definition) is 5. The quantitative estimate of drug-likeness (QED) is 0.452. The lowest BCUT2D eigenvalue weighted by Gasteiger charge is -2.24. The standard InChI is InChI=1S/C12H15N5O3/c1-16-11(19)9(10(18)15-12(16)20)7-13-3-2-5-17-6-4-14-8-17/h4,6-9H,2-3,5H2,1H3,(H,15,18,20)/t9-/m1/s1. The third-order valence-corrected chi connectivity index (χ3v) is 2.93. The number of amides is 4. The Morgan fingerprint density at radius 2 is 2.25 bits per heavy atom. The SMILES string of the molecule is CN1C(=O)NC(=O)[C@@H](C=NCCCn2ccnc2)C1=O. The number of aromatic nitrogens is 2. The molecule has 1 atom stereocenters. The molecule has 0 unspecified atom stereocenters. The van der Waals surface area contributed by atoms with Gasteiger partial charge in [-0.25, -0.2) is 9.78 Å². The number of carbonyl (C=O) groups is 3. The van der Waals surface area contributed by atoms with Crippen molar-refractivity contribution in [1.82, 2.24) is 19.8 Å². The van der Waals surface area contributed by atoms with E-state index in [1.165, 1.54) is 13.3 Å². The number of rotatable bonds is 5. The Bertz CT molecular complexity index is 537. The zero-order valence-corrected chi connectivity index (χ0v) is 11.0. The van der Waals surface area contributed by atoms with E-state index in [0.717, 1.165) is 17.9 Å². The van der Waals surface area contributed by atoms with Gasteiger partial charge in [0.1, 0.15) is 0 Å². The first kappa shape index (κ1) is 13.9. The predicted octanol–water partition coefficient (Wildman–Crippen LogP) is -0.332. The number of aryl methyl sites for hydroxylation is 1.